The molecule has 82 valence electrons. The second-order valence-corrected chi connectivity index (χ2v) is 4.52. The zero-order valence-electron chi connectivity index (χ0n) is 7.93. The van der Waals surface area contributed by atoms with Crippen molar-refractivity contribution in [2.75, 3.05) is 0 Å². The minimum atomic E-state index is -0.908. The van der Waals surface area contributed by atoms with E-state index < -0.39 is 17.7 Å². The number of rotatable bonds is 3. The average molecular weight is 296 g/mol. The van der Waals surface area contributed by atoms with Crippen molar-refractivity contribution in [1.29, 1.82) is 0 Å². The third-order valence-electron chi connectivity index (χ3n) is 2.01. The Labute approximate surface area is 100 Å². The summed E-state index contributed by atoms with van der Waals surface area (Å²) in [6.07, 6.45) is 0.263. The third-order valence-corrected chi connectivity index (χ3v) is 3.34. The normalized spacial score (nSPS) is 12.5. The Morgan fingerprint density at radius 3 is 2.73 bits per heavy atom. The summed E-state index contributed by atoms with van der Waals surface area (Å²) < 4.78 is 13.4. The van der Waals surface area contributed by atoms with Gasteiger partial charge in [0.25, 0.3) is 0 Å². The van der Waals surface area contributed by atoms with Crippen molar-refractivity contribution in [1.82, 2.24) is 0 Å². The van der Waals surface area contributed by atoms with Crippen molar-refractivity contribution < 1.29 is 14.3 Å². The number of benzene rings is 1. The van der Waals surface area contributed by atoms with Crippen molar-refractivity contribution in [3.63, 3.8) is 0 Å². The Hall–Kier alpha value is -0.610. The summed E-state index contributed by atoms with van der Waals surface area (Å²) in [6, 6.07) is 2.85. The van der Waals surface area contributed by atoms with E-state index in [-0.39, 0.29) is 15.9 Å². The second kappa shape index (κ2) is 4.94. The fourth-order valence-electron chi connectivity index (χ4n) is 1.17. The Morgan fingerprint density at radius 1 is 1.67 bits per heavy atom. The Bertz CT molecular complexity index is 372. The number of halogens is 3. The van der Waals surface area contributed by atoms with Gasteiger partial charge in [-0.2, -0.15) is 0 Å². The molecular formula is C10H9BrClFO2. The van der Waals surface area contributed by atoms with Crippen LogP contribution in [0.2, 0.25) is 5.02 Å². The molecule has 1 unspecified atom stereocenters. The van der Waals surface area contributed by atoms with Crippen molar-refractivity contribution in [3.05, 3.63) is 33.0 Å². The Balaban J connectivity index is 2.92. The summed E-state index contributed by atoms with van der Waals surface area (Å²) in [7, 11) is 0. The molecule has 0 bridgehead atoms. The fourth-order valence-corrected chi connectivity index (χ4v) is 1.63. The van der Waals surface area contributed by atoms with Gasteiger partial charge in [0.05, 0.1) is 15.4 Å². The molecule has 1 atom stereocenters. The molecule has 1 N–H and O–H groups in total. The molecule has 0 radical (unpaired) electrons. The molecule has 0 saturated heterocycles. The van der Waals surface area contributed by atoms with Crippen molar-refractivity contribution in [2.24, 2.45) is 5.92 Å². The summed E-state index contributed by atoms with van der Waals surface area (Å²) in [4.78, 5) is 10.6. The van der Waals surface area contributed by atoms with E-state index >= 15 is 0 Å². The number of aliphatic carboxylic acids is 1. The molecule has 0 fully saturated rings. The molecule has 1 aromatic carbocycles. The highest BCUT2D eigenvalue weighted by Gasteiger charge is 2.14. The van der Waals surface area contributed by atoms with Gasteiger partial charge in [0.2, 0.25) is 0 Å². The molecule has 5 heteroatoms. The highest BCUT2D eigenvalue weighted by atomic mass is 79.9. The summed E-state index contributed by atoms with van der Waals surface area (Å²) in [5.41, 5.74) is 0.579. The molecule has 0 amide bonds. The largest absolute Gasteiger partial charge is 0.481 e. The van der Waals surface area contributed by atoms with E-state index in [9.17, 15) is 9.18 Å². The van der Waals surface area contributed by atoms with Crippen LogP contribution in [0.5, 0.6) is 0 Å². The first-order valence-corrected chi connectivity index (χ1v) is 5.45. The van der Waals surface area contributed by atoms with Crippen LogP contribution in [0.15, 0.2) is 16.6 Å². The predicted molar refractivity (Wildman–Crippen MR) is 59.6 cm³/mol. The molecule has 0 aliphatic heterocycles. The molecule has 0 aliphatic rings. The fraction of sp³-hybridized carbons (Fsp3) is 0.300. The monoisotopic (exact) mass is 294 g/mol. The highest BCUT2D eigenvalue weighted by molar-refractivity contribution is 9.10. The Kier molecular flexibility index (Phi) is 4.11. The lowest BCUT2D eigenvalue weighted by Crippen LogP contribution is -2.12. The van der Waals surface area contributed by atoms with Crippen LogP contribution in [0.4, 0.5) is 4.39 Å². The summed E-state index contributed by atoms with van der Waals surface area (Å²) in [6.45, 7) is 1.57. The molecule has 2 nitrogen and oxygen atoms in total. The van der Waals surface area contributed by atoms with Crippen LogP contribution in [0.1, 0.15) is 12.5 Å². The SMILES string of the molecule is CC(Cc1cc(F)c(Br)c(Cl)c1)C(=O)O. The van der Waals surface area contributed by atoms with Crippen molar-refractivity contribution >= 4 is 33.5 Å². The second-order valence-electron chi connectivity index (χ2n) is 3.32. The lowest BCUT2D eigenvalue weighted by Gasteiger charge is -2.07. The van der Waals surface area contributed by atoms with E-state index in [0.29, 0.717) is 5.56 Å². The number of hydrogen-bond donors (Lipinski definition) is 1. The Morgan fingerprint density at radius 2 is 2.27 bits per heavy atom. The van der Waals surface area contributed by atoms with Crippen LogP contribution in [0, 0.1) is 11.7 Å². The standard InChI is InChI=1S/C10H9BrClFO2/c1-5(10(14)15)2-6-3-7(12)9(11)8(13)4-6/h3-5H,2H2,1H3,(H,14,15). The van der Waals surface area contributed by atoms with E-state index in [4.69, 9.17) is 16.7 Å². The zero-order chi connectivity index (χ0) is 11.6. The van der Waals surface area contributed by atoms with Crippen LogP contribution in [-0.2, 0) is 11.2 Å². The van der Waals surface area contributed by atoms with Gasteiger partial charge in [-0.15, -0.1) is 0 Å². The molecule has 0 heterocycles. The molecule has 1 aromatic rings. The first-order chi connectivity index (χ1) is 6.91. The van der Waals surface area contributed by atoms with Gasteiger partial charge < -0.3 is 5.11 Å². The number of carboxylic acid groups (broad SMARTS) is 1. The quantitative estimate of drug-likeness (QED) is 0.867. The first kappa shape index (κ1) is 12.5. The van der Waals surface area contributed by atoms with Crippen LogP contribution in [0.3, 0.4) is 0 Å². The van der Waals surface area contributed by atoms with Crippen LogP contribution >= 0.6 is 27.5 Å². The van der Waals surface area contributed by atoms with Crippen LogP contribution < -0.4 is 0 Å². The molecule has 0 aliphatic carbocycles. The van der Waals surface area contributed by atoms with Gasteiger partial charge in [-0.3, -0.25) is 4.79 Å². The maximum Gasteiger partial charge on any atom is 0.306 e. The smallest absolute Gasteiger partial charge is 0.306 e. The lowest BCUT2D eigenvalue weighted by molar-refractivity contribution is -0.141. The van der Waals surface area contributed by atoms with Gasteiger partial charge in [-0.05, 0) is 40.0 Å². The summed E-state index contributed by atoms with van der Waals surface area (Å²) in [5.74, 6) is -1.94. The summed E-state index contributed by atoms with van der Waals surface area (Å²) >= 11 is 8.73. The van der Waals surface area contributed by atoms with E-state index in [1.54, 1.807) is 13.0 Å². The maximum atomic E-state index is 13.2. The third kappa shape index (κ3) is 3.18. The van der Waals surface area contributed by atoms with Crippen molar-refractivity contribution in [2.45, 2.75) is 13.3 Å². The predicted octanol–water partition coefficient (Wildman–Crippen LogP) is 3.50. The average Bonchev–Trinajstić information content (AvgIpc) is 2.13. The van der Waals surface area contributed by atoms with E-state index in [2.05, 4.69) is 15.9 Å². The maximum absolute atomic E-state index is 13.2. The number of hydrogen-bond acceptors (Lipinski definition) is 1. The van der Waals surface area contributed by atoms with Gasteiger partial charge >= 0.3 is 5.97 Å². The minimum Gasteiger partial charge on any atom is -0.481 e. The zero-order valence-corrected chi connectivity index (χ0v) is 10.3. The van der Waals surface area contributed by atoms with Gasteiger partial charge in [0.1, 0.15) is 5.82 Å². The minimum absolute atomic E-state index is 0.205. The molecule has 0 aromatic heterocycles. The molecular weight excluding hydrogens is 286 g/mol. The van der Waals surface area contributed by atoms with E-state index in [1.807, 2.05) is 0 Å². The van der Waals surface area contributed by atoms with E-state index in [1.165, 1.54) is 6.07 Å². The molecule has 0 spiro atoms. The number of carbonyl (C=O) groups is 1. The van der Waals surface area contributed by atoms with E-state index in [0.717, 1.165) is 0 Å². The van der Waals surface area contributed by atoms with Crippen molar-refractivity contribution in [3.8, 4) is 0 Å². The number of carboxylic acids is 1. The van der Waals surface area contributed by atoms with Gasteiger partial charge in [-0.1, -0.05) is 18.5 Å². The molecule has 0 saturated carbocycles. The molecule has 1 rings (SSSR count). The van der Waals surface area contributed by atoms with Gasteiger partial charge in [0.15, 0.2) is 0 Å². The lowest BCUT2D eigenvalue weighted by atomic mass is 10.0. The first-order valence-electron chi connectivity index (χ1n) is 4.28. The summed E-state index contributed by atoms with van der Waals surface area (Å²) in [5, 5.41) is 8.95. The molecule has 15 heavy (non-hydrogen) atoms. The van der Waals surface area contributed by atoms with Crippen LogP contribution in [0.25, 0.3) is 0 Å². The van der Waals surface area contributed by atoms with Gasteiger partial charge in [0, 0.05) is 0 Å². The highest BCUT2D eigenvalue weighted by Crippen LogP contribution is 2.27. The topological polar surface area (TPSA) is 37.3 Å². The van der Waals surface area contributed by atoms with Crippen LogP contribution in [-0.4, -0.2) is 11.1 Å². The van der Waals surface area contributed by atoms with Gasteiger partial charge in [-0.25, -0.2) is 4.39 Å².